The fourth-order valence-corrected chi connectivity index (χ4v) is 3.31. The highest BCUT2D eigenvalue weighted by atomic mass is 35.5. The summed E-state index contributed by atoms with van der Waals surface area (Å²) in [5.74, 6) is -0.0378. The van der Waals surface area contributed by atoms with E-state index in [0.717, 1.165) is 29.7 Å². The Hall–Kier alpha value is -1.59. The van der Waals surface area contributed by atoms with E-state index < -0.39 is 5.97 Å². The molecule has 1 aliphatic rings. The summed E-state index contributed by atoms with van der Waals surface area (Å²) in [4.78, 5) is 18.1. The molecule has 1 aromatic heterocycles. The van der Waals surface area contributed by atoms with E-state index in [1.54, 1.807) is 0 Å². The first-order chi connectivity index (χ1) is 10.5. The van der Waals surface area contributed by atoms with Gasteiger partial charge in [0.2, 0.25) is 0 Å². The minimum atomic E-state index is -0.700. The van der Waals surface area contributed by atoms with Gasteiger partial charge in [-0.2, -0.15) is 0 Å². The van der Waals surface area contributed by atoms with Crippen LogP contribution in [0, 0.1) is 5.92 Å². The van der Waals surface area contributed by atoms with Crippen molar-refractivity contribution in [3.05, 3.63) is 29.0 Å². The number of hydrogen-bond donors (Lipinski definition) is 1. The van der Waals surface area contributed by atoms with E-state index >= 15 is 0 Å². The van der Waals surface area contributed by atoms with E-state index in [2.05, 4.69) is 21.4 Å². The monoisotopic (exact) mass is 321 g/mol. The quantitative estimate of drug-likeness (QED) is 0.944. The number of hydrogen-bond acceptors (Lipinski definition) is 3. The number of carboxylic acids is 1. The van der Waals surface area contributed by atoms with Gasteiger partial charge in [-0.05, 0) is 38.0 Å². The lowest BCUT2D eigenvalue weighted by atomic mass is 9.93. The van der Waals surface area contributed by atoms with Gasteiger partial charge in [-0.15, -0.1) is 0 Å². The number of nitrogens with zero attached hydrogens (tertiary/aromatic N) is 3. The molecule has 1 aromatic carbocycles. The molecule has 2 aromatic rings. The Morgan fingerprint density at radius 3 is 2.95 bits per heavy atom. The maximum atomic E-state index is 11.2. The number of benzene rings is 1. The topological polar surface area (TPSA) is 58.4 Å². The maximum Gasteiger partial charge on any atom is 0.307 e. The molecule has 0 spiro atoms. The number of fused-ring (bicyclic) bond motifs is 1. The van der Waals surface area contributed by atoms with Crippen LogP contribution in [0.3, 0.4) is 0 Å². The fourth-order valence-electron chi connectivity index (χ4n) is 3.15. The van der Waals surface area contributed by atoms with Crippen molar-refractivity contribution in [2.45, 2.75) is 32.4 Å². The highest BCUT2D eigenvalue weighted by Crippen LogP contribution is 2.25. The molecule has 0 aliphatic carbocycles. The first-order valence-electron chi connectivity index (χ1n) is 7.53. The first kappa shape index (κ1) is 15.3. The van der Waals surface area contributed by atoms with E-state index in [4.69, 9.17) is 11.6 Å². The van der Waals surface area contributed by atoms with Gasteiger partial charge < -0.3 is 9.67 Å². The third-order valence-electron chi connectivity index (χ3n) is 4.64. The number of imidazole rings is 1. The van der Waals surface area contributed by atoms with Gasteiger partial charge in [0.15, 0.2) is 0 Å². The number of aliphatic carboxylic acids is 1. The smallest absolute Gasteiger partial charge is 0.307 e. The van der Waals surface area contributed by atoms with Crippen molar-refractivity contribution in [3.63, 3.8) is 0 Å². The SMILES string of the molecule is CC1CCC(C(=O)O)CN1Cc1nc2cc(Cl)ccc2n1C. The highest BCUT2D eigenvalue weighted by molar-refractivity contribution is 6.31. The normalized spacial score (nSPS) is 23.0. The van der Waals surface area contributed by atoms with Gasteiger partial charge >= 0.3 is 5.97 Å². The van der Waals surface area contributed by atoms with Crippen LogP contribution in [0.1, 0.15) is 25.6 Å². The number of aromatic nitrogens is 2. The average molecular weight is 322 g/mol. The predicted molar refractivity (Wildman–Crippen MR) is 86.0 cm³/mol. The van der Waals surface area contributed by atoms with Gasteiger partial charge in [0, 0.05) is 24.7 Å². The van der Waals surface area contributed by atoms with Crippen LogP contribution in [0.15, 0.2) is 18.2 Å². The molecular formula is C16H20ClN3O2. The van der Waals surface area contributed by atoms with Gasteiger partial charge in [0.05, 0.1) is 23.5 Å². The standard InChI is InChI=1S/C16H20ClN3O2/c1-10-3-4-11(16(21)22)8-20(10)9-15-18-13-7-12(17)5-6-14(13)19(15)2/h5-7,10-11H,3-4,8-9H2,1-2H3,(H,21,22). The minimum absolute atomic E-state index is 0.277. The van der Waals surface area contributed by atoms with Crippen LogP contribution in [-0.2, 0) is 18.4 Å². The Morgan fingerprint density at radius 1 is 1.45 bits per heavy atom. The van der Waals surface area contributed by atoms with E-state index in [0.29, 0.717) is 24.2 Å². The molecule has 22 heavy (non-hydrogen) atoms. The molecule has 5 nitrogen and oxygen atoms in total. The zero-order valence-electron chi connectivity index (χ0n) is 12.8. The Morgan fingerprint density at radius 2 is 2.23 bits per heavy atom. The van der Waals surface area contributed by atoms with Crippen molar-refractivity contribution in [1.29, 1.82) is 0 Å². The molecule has 2 atom stereocenters. The summed E-state index contributed by atoms with van der Waals surface area (Å²) < 4.78 is 2.06. The number of halogens is 1. The van der Waals surface area contributed by atoms with Crippen LogP contribution >= 0.6 is 11.6 Å². The highest BCUT2D eigenvalue weighted by Gasteiger charge is 2.30. The second-order valence-corrected chi connectivity index (χ2v) is 6.55. The molecular weight excluding hydrogens is 302 g/mol. The summed E-state index contributed by atoms with van der Waals surface area (Å²) in [6.07, 6.45) is 1.66. The van der Waals surface area contributed by atoms with Crippen LogP contribution in [0.5, 0.6) is 0 Å². The Kier molecular flexibility index (Phi) is 4.10. The lowest BCUT2D eigenvalue weighted by Gasteiger charge is -2.36. The fraction of sp³-hybridized carbons (Fsp3) is 0.500. The molecule has 0 saturated carbocycles. The summed E-state index contributed by atoms with van der Waals surface area (Å²) in [7, 11) is 1.99. The first-order valence-corrected chi connectivity index (χ1v) is 7.91. The van der Waals surface area contributed by atoms with Crippen molar-refractivity contribution in [1.82, 2.24) is 14.5 Å². The largest absolute Gasteiger partial charge is 0.481 e. The van der Waals surface area contributed by atoms with Gasteiger partial charge in [-0.25, -0.2) is 4.98 Å². The Balaban J connectivity index is 1.85. The van der Waals surface area contributed by atoms with E-state index in [1.165, 1.54) is 0 Å². The number of likely N-dealkylation sites (tertiary alicyclic amines) is 1. The predicted octanol–water partition coefficient (Wildman–Crippen LogP) is 2.91. The van der Waals surface area contributed by atoms with Crippen molar-refractivity contribution in [3.8, 4) is 0 Å². The van der Waals surface area contributed by atoms with Crippen LogP contribution in [0.4, 0.5) is 0 Å². The van der Waals surface area contributed by atoms with Crippen molar-refractivity contribution in [2.75, 3.05) is 6.54 Å². The van der Waals surface area contributed by atoms with E-state index in [1.807, 2.05) is 25.2 Å². The van der Waals surface area contributed by atoms with Gasteiger partial charge in [-0.1, -0.05) is 11.6 Å². The molecule has 2 heterocycles. The van der Waals surface area contributed by atoms with Gasteiger partial charge in [0.1, 0.15) is 5.82 Å². The molecule has 2 unspecified atom stereocenters. The zero-order valence-corrected chi connectivity index (χ0v) is 13.5. The Bertz CT molecular complexity index is 713. The van der Waals surface area contributed by atoms with E-state index in [-0.39, 0.29) is 5.92 Å². The molecule has 1 aliphatic heterocycles. The number of carboxylic acid groups (broad SMARTS) is 1. The molecule has 1 N–H and O–H groups in total. The van der Waals surface area contributed by atoms with Crippen LogP contribution in [-0.4, -0.2) is 38.1 Å². The third-order valence-corrected chi connectivity index (χ3v) is 4.88. The second-order valence-electron chi connectivity index (χ2n) is 6.11. The molecule has 0 bridgehead atoms. The summed E-state index contributed by atoms with van der Waals surface area (Å²) in [5, 5.41) is 9.92. The number of piperidine rings is 1. The third kappa shape index (κ3) is 2.83. The Labute approximate surface area is 134 Å². The van der Waals surface area contributed by atoms with Gasteiger partial charge in [-0.3, -0.25) is 9.69 Å². The summed E-state index contributed by atoms with van der Waals surface area (Å²) in [5.41, 5.74) is 1.92. The van der Waals surface area contributed by atoms with Crippen molar-refractivity contribution < 1.29 is 9.90 Å². The zero-order chi connectivity index (χ0) is 15.9. The summed E-state index contributed by atoms with van der Waals surface area (Å²) >= 11 is 6.02. The average Bonchev–Trinajstić information content (AvgIpc) is 2.77. The molecule has 118 valence electrons. The second kappa shape index (κ2) is 5.89. The molecule has 1 saturated heterocycles. The maximum absolute atomic E-state index is 11.2. The molecule has 1 fully saturated rings. The van der Waals surface area contributed by atoms with Crippen LogP contribution in [0.25, 0.3) is 11.0 Å². The lowest BCUT2D eigenvalue weighted by molar-refractivity contribution is -0.144. The van der Waals surface area contributed by atoms with Crippen molar-refractivity contribution in [2.24, 2.45) is 13.0 Å². The summed E-state index contributed by atoms with van der Waals surface area (Å²) in [6.45, 7) is 3.39. The molecule has 6 heteroatoms. The number of aryl methyl sites for hydroxylation is 1. The van der Waals surface area contributed by atoms with E-state index in [9.17, 15) is 9.90 Å². The van der Waals surface area contributed by atoms with Gasteiger partial charge in [0.25, 0.3) is 0 Å². The molecule has 0 amide bonds. The molecule has 3 rings (SSSR count). The number of rotatable bonds is 3. The number of carbonyl (C=O) groups is 1. The lowest BCUT2D eigenvalue weighted by Crippen LogP contribution is -2.43. The minimum Gasteiger partial charge on any atom is -0.481 e. The van der Waals surface area contributed by atoms with Crippen LogP contribution < -0.4 is 0 Å². The molecule has 0 radical (unpaired) electrons. The van der Waals surface area contributed by atoms with Crippen molar-refractivity contribution >= 4 is 28.6 Å². The summed E-state index contributed by atoms with van der Waals surface area (Å²) in [6, 6.07) is 6.06. The van der Waals surface area contributed by atoms with Crippen LogP contribution in [0.2, 0.25) is 5.02 Å².